The van der Waals surface area contributed by atoms with E-state index < -0.39 is 47.7 Å². The average molecular weight is 707 g/mol. The predicted octanol–water partition coefficient (Wildman–Crippen LogP) is 3.51. The Balaban J connectivity index is 1.42. The van der Waals surface area contributed by atoms with Gasteiger partial charge in [-0.1, -0.05) is 45.1 Å². The van der Waals surface area contributed by atoms with Gasteiger partial charge in [-0.15, -0.1) is 0 Å². The molecule has 4 N–H and O–H groups in total. The first-order valence-corrected chi connectivity index (χ1v) is 18.6. The summed E-state index contributed by atoms with van der Waals surface area (Å²) in [5.41, 5.74) is -1.95. The molecule has 4 heterocycles. The van der Waals surface area contributed by atoms with E-state index in [1.165, 1.54) is 0 Å². The van der Waals surface area contributed by atoms with E-state index in [0.29, 0.717) is 37.5 Å². The Hall–Kier alpha value is -2.32. The van der Waals surface area contributed by atoms with E-state index >= 15 is 0 Å². The van der Waals surface area contributed by atoms with Crippen LogP contribution in [0.4, 0.5) is 4.79 Å². The van der Waals surface area contributed by atoms with Gasteiger partial charge in [0.15, 0.2) is 6.10 Å². The molecule has 284 valence electrons. The molecule has 1 amide bonds. The highest BCUT2D eigenvalue weighted by Crippen LogP contribution is 2.37. The topological polar surface area (TPSA) is 162 Å². The Morgan fingerprint density at radius 2 is 1.86 bits per heavy atom. The van der Waals surface area contributed by atoms with Crippen LogP contribution in [0.3, 0.4) is 0 Å². The smallest absolute Gasteiger partial charge is 0.410 e. The molecule has 3 saturated heterocycles. The fourth-order valence-electron chi connectivity index (χ4n) is 7.31. The fraction of sp³-hybridized carbons (Fsp3) is 0.789. The summed E-state index contributed by atoms with van der Waals surface area (Å²) in [5, 5.41) is 43.4. The minimum absolute atomic E-state index is 0.0134. The van der Waals surface area contributed by atoms with Crippen molar-refractivity contribution < 1.29 is 49.0 Å². The molecule has 10 unspecified atom stereocenters. The Morgan fingerprint density at radius 1 is 1.18 bits per heavy atom. The second-order valence-corrected chi connectivity index (χ2v) is 15.4. The monoisotopic (exact) mass is 706 g/mol. The quantitative estimate of drug-likeness (QED) is 0.114. The summed E-state index contributed by atoms with van der Waals surface area (Å²) in [5.74, 6) is -0.955. The molecule has 10 atom stereocenters. The van der Waals surface area contributed by atoms with Crippen LogP contribution < -0.4 is 0 Å². The third-order valence-electron chi connectivity index (χ3n) is 10.9. The first-order chi connectivity index (χ1) is 23.6. The molecular formula is C38H62N2O10. The molecule has 4 aliphatic heterocycles. The van der Waals surface area contributed by atoms with E-state index in [1.54, 1.807) is 49.1 Å². The van der Waals surface area contributed by atoms with E-state index in [1.807, 2.05) is 27.7 Å². The van der Waals surface area contributed by atoms with Crippen molar-refractivity contribution in [2.75, 3.05) is 39.4 Å². The van der Waals surface area contributed by atoms with Crippen LogP contribution >= 0.6 is 0 Å². The minimum Gasteiger partial charge on any atom is -0.457 e. The molecule has 4 aliphatic rings. The van der Waals surface area contributed by atoms with Crippen molar-refractivity contribution in [1.29, 1.82) is 0 Å². The summed E-state index contributed by atoms with van der Waals surface area (Å²) in [7, 11) is 0. The molecule has 0 saturated carbocycles. The molecule has 0 spiro atoms. The molecule has 3 fully saturated rings. The van der Waals surface area contributed by atoms with Crippen LogP contribution in [0.5, 0.6) is 0 Å². The lowest BCUT2D eigenvalue weighted by molar-refractivity contribution is -0.151. The lowest BCUT2D eigenvalue weighted by Crippen LogP contribution is -2.54. The van der Waals surface area contributed by atoms with Gasteiger partial charge in [0.25, 0.3) is 0 Å². The van der Waals surface area contributed by atoms with Gasteiger partial charge in [0, 0.05) is 63.7 Å². The fourth-order valence-corrected chi connectivity index (χ4v) is 7.31. The van der Waals surface area contributed by atoms with Crippen molar-refractivity contribution >= 4 is 12.1 Å². The molecule has 0 aromatic rings. The first kappa shape index (κ1) is 40.5. The average Bonchev–Trinajstić information content (AvgIpc) is 3.84. The van der Waals surface area contributed by atoms with Gasteiger partial charge in [-0.25, -0.2) is 4.79 Å². The summed E-state index contributed by atoms with van der Waals surface area (Å²) in [4.78, 5) is 30.4. The van der Waals surface area contributed by atoms with Gasteiger partial charge in [-0.2, -0.15) is 0 Å². The van der Waals surface area contributed by atoms with Crippen molar-refractivity contribution in [3.05, 3.63) is 36.0 Å². The molecule has 12 nitrogen and oxygen atoms in total. The van der Waals surface area contributed by atoms with E-state index in [9.17, 15) is 30.0 Å². The maximum absolute atomic E-state index is 13.4. The number of esters is 1. The minimum atomic E-state index is -1.49. The molecule has 0 aliphatic carbocycles. The van der Waals surface area contributed by atoms with Crippen LogP contribution in [0, 0.1) is 11.8 Å². The normalized spacial score (nSPS) is 35.0. The standard InChI is InChI=1S/C38H62N2O10/c1-7-30(42)27(4)35-31(48-35)24-37(5,45)15-8-9-25(2)34-26(3)10-11-32(38(6,46)16-12-29(41)23-33(43)50-34)49-36(44)40-19-17-39(18-20-40)28-13-21-47-22-14-28/h8-11,15,26-32,34-35,41-42,45-46H,7,12-14,16-24H2,1-6H3. The second kappa shape index (κ2) is 17.9. The number of epoxide rings is 1. The number of allylic oxidation sites excluding steroid dienone is 2. The Bertz CT molecular complexity index is 1200. The summed E-state index contributed by atoms with van der Waals surface area (Å²) in [6.45, 7) is 15.0. The van der Waals surface area contributed by atoms with Crippen LogP contribution in [0.2, 0.25) is 0 Å². The Morgan fingerprint density at radius 3 is 2.52 bits per heavy atom. The maximum Gasteiger partial charge on any atom is 0.410 e. The molecule has 12 heteroatoms. The highest BCUT2D eigenvalue weighted by atomic mass is 16.6. The van der Waals surface area contributed by atoms with Gasteiger partial charge >= 0.3 is 12.1 Å². The highest BCUT2D eigenvalue weighted by molar-refractivity contribution is 5.70. The van der Waals surface area contributed by atoms with Gasteiger partial charge in [0.1, 0.15) is 11.7 Å². The zero-order valence-corrected chi connectivity index (χ0v) is 30.9. The maximum atomic E-state index is 13.4. The summed E-state index contributed by atoms with van der Waals surface area (Å²) >= 11 is 0. The molecule has 0 aromatic carbocycles. The molecule has 50 heavy (non-hydrogen) atoms. The van der Waals surface area contributed by atoms with Gasteiger partial charge in [0.2, 0.25) is 0 Å². The van der Waals surface area contributed by atoms with Crippen molar-refractivity contribution in [3.8, 4) is 0 Å². The number of amides is 1. The lowest BCUT2D eigenvalue weighted by atomic mass is 9.88. The number of piperazine rings is 1. The van der Waals surface area contributed by atoms with Crippen LogP contribution in [0.15, 0.2) is 36.0 Å². The molecule has 0 aromatic heterocycles. The van der Waals surface area contributed by atoms with Crippen LogP contribution in [-0.2, 0) is 23.7 Å². The van der Waals surface area contributed by atoms with Gasteiger partial charge in [0.05, 0.1) is 36.4 Å². The summed E-state index contributed by atoms with van der Waals surface area (Å²) < 4.78 is 23.1. The van der Waals surface area contributed by atoms with E-state index in [-0.39, 0.29) is 43.3 Å². The van der Waals surface area contributed by atoms with Crippen molar-refractivity contribution in [2.24, 2.45) is 11.8 Å². The number of nitrogens with zero attached hydrogens (tertiary/aromatic N) is 2. The van der Waals surface area contributed by atoms with Gasteiger partial charge in [-0.05, 0) is 64.5 Å². The van der Waals surface area contributed by atoms with Crippen molar-refractivity contribution in [3.63, 3.8) is 0 Å². The van der Waals surface area contributed by atoms with Crippen LogP contribution in [0.25, 0.3) is 0 Å². The molecule has 0 radical (unpaired) electrons. The number of hydrogen-bond donors (Lipinski definition) is 4. The zero-order valence-electron chi connectivity index (χ0n) is 30.9. The zero-order chi connectivity index (χ0) is 36.6. The number of aliphatic hydroxyl groups is 4. The van der Waals surface area contributed by atoms with E-state index in [0.717, 1.165) is 39.1 Å². The third-order valence-corrected chi connectivity index (χ3v) is 10.9. The SMILES string of the molecule is CCC(O)C(C)C1OC1CC(C)(O)C=CC=C(C)C1OC(=O)CC(O)CCC(C)(O)C(OC(=O)N2CCN(C3CCOCC3)CC2)C=CC1C. The van der Waals surface area contributed by atoms with Gasteiger partial charge < -0.3 is 44.3 Å². The Kier molecular flexibility index (Phi) is 14.5. The third kappa shape index (κ3) is 11.6. The Labute approximate surface area is 298 Å². The summed E-state index contributed by atoms with van der Waals surface area (Å²) in [6.07, 6.45) is 7.69. The summed E-state index contributed by atoms with van der Waals surface area (Å²) in [6, 6.07) is 0.466. The van der Waals surface area contributed by atoms with Crippen molar-refractivity contribution in [2.45, 2.75) is 140 Å². The largest absolute Gasteiger partial charge is 0.457 e. The van der Waals surface area contributed by atoms with E-state index in [2.05, 4.69) is 4.90 Å². The number of carbonyl (C=O) groups excluding carboxylic acids is 2. The predicted molar refractivity (Wildman–Crippen MR) is 188 cm³/mol. The van der Waals surface area contributed by atoms with Crippen LogP contribution in [0.1, 0.15) is 86.5 Å². The number of ether oxygens (including phenoxy) is 4. The van der Waals surface area contributed by atoms with Crippen molar-refractivity contribution in [1.82, 2.24) is 9.80 Å². The van der Waals surface area contributed by atoms with Crippen LogP contribution in [-0.4, -0.2) is 136 Å². The number of hydrogen-bond acceptors (Lipinski definition) is 11. The van der Waals surface area contributed by atoms with Gasteiger partial charge in [-0.3, -0.25) is 9.69 Å². The molecular weight excluding hydrogens is 644 g/mol. The highest BCUT2D eigenvalue weighted by Gasteiger charge is 2.47. The number of aliphatic hydroxyl groups excluding tert-OH is 2. The second-order valence-electron chi connectivity index (χ2n) is 15.4. The number of rotatable bonds is 10. The van der Waals surface area contributed by atoms with E-state index in [4.69, 9.17) is 18.9 Å². The lowest BCUT2D eigenvalue weighted by Gasteiger charge is -2.41. The number of cyclic esters (lactones) is 1. The number of carbonyl (C=O) groups is 2. The molecule has 0 bridgehead atoms. The first-order valence-electron chi connectivity index (χ1n) is 18.6. The molecule has 4 rings (SSSR count).